The Kier molecular flexibility index (Phi) is 13.3. The van der Waals surface area contributed by atoms with Gasteiger partial charge in [-0.2, -0.15) is 0 Å². The summed E-state index contributed by atoms with van der Waals surface area (Å²) in [6.45, 7) is 12.3. The molecule has 1 aliphatic heterocycles. The molecule has 82 valence electrons. The van der Waals surface area contributed by atoms with Gasteiger partial charge >= 0.3 is 51.4 Å². The van der Waals surface area contributed by atoms with Gasteiger partial charge in [-0.25, -0.2) is 0 Å². The molecule has 1 saturated heterocycles. The van der Waals surface area contributed by atoms with Crippen molar-refractivity contribution in [3.05, 3.63) is 17.6 Å². The van der Waals surface area contributed by atoms with Crippen LogP contribution in [0.15, 0.2) is 12.3 Å². The fourth-order valence-electron chi connectivity index (χ4n) is 1.03. The van der Waals surface area contributed by atoms with E-state index in [1.807, 2.05) is 18.7 Å². The average molecular weight is 237 g/mol. The predicted molar refractivity (Wildman–Crippen MR) is 59.6 cm³/mol. The molecule has 0 aromatic carbocycles. The van der Waals surface area contributed by atoms with E-state index in [2.05, 4.69) is 11.9 Å². The molecule has 0 amide bonds. The number of nitrogens with one attached hydrogen (secondary N) is 1. The van der Waals surface area contributed by atoms with E-state index in [1.165, 1.54) is 0 Å². The van der Waals surface area contributed by atoms with Crippen LogP contribution in [0.3, 0.4) is 0 Å². The maximum atomic E-state index is 7.56. The standard InChI is InChI=1S/C8H14N3O.C2H6.K/c1-7(2)10-8(9)11-3-5-12-6-4-11;1-2;/h1,3-6H2,2H3,(H-,9,10);1-2H3;/q-1;;+1. The normalized spacial score (nSPS) is 14.2. The van der Waals surface area contributed by atoms with Gasteiger partial charge in [0, 0.05) is 5.96 Å². The van der Waals surface area contributed by atoms with E-state index in [-0.39, 0.29) is 51.4 Å². The van der Waals surface area contributed by atoms with Crippen molar-refractivity contribution in [1.82, 2.24) is 4.90 Å². The number of ether oxygens (including phenoxy) is 1. The monoisotopic (exact) mass is 237 g/mol. The van der Waals surface area contributed by atoms with Crippen LogP contribution in [0.5, 0.6) is 0 Å². The molecular weight excluding hydrogens is 217 g/mol. The minimum atomic E-state index is 0. The summed E-state index contributed by atoms with van der Waals surface area (Å²) < 4.78 is 5.15. The Morgan fingerprint density at radius 3 is 2.20 bits per heavy atom. The first-order valence-electron chi connectivity index (χ1n) is 4.98. The molecule has 0 saturated carbocycles. The smallest absolute Gasteiger partial charge is 0.422 e. The number of hydrogen-bond acceptors (Lipinski definition) is 2. The molecule has 1 aliphatic rings. The zero-order chi connectivity index (χ0) is 11.0. The van der Waals surface area contributed by atoms with Gasteiger partial charge in [0.2, 0.25) is 0 Å². The molecule has 1 rings (SSSR count). The Morgan fingerprint density at radius 2 is 1.80 bits per heavy atom. The van der Waals surface area contributed by atoms with Crippen molar-refractivity contribution >= 4 is 5.96 Å². The van der Waals surface area contributed by atoms with E-state index < -0.39 is 0 Å². The van der Waals surface area contributed by atoms with Crippen LogP contribution in [0.1, 0.15) is 20.8 Å². The molecule has 0 spiro atoms. The summed E-state index contributed by atoms with van der Waals surface area (Å²) in [4.78, 5) is 1.89. The number of hydrogen-bond donors (Lipinski definition) is 1. The van der Waals surface area contributed by atoms with Gasteiger partial charge in [-0.3, -0.25) is 0 Å². The third-order valence-corrected chi connectivity index (χ3v) is 1.61. The largest absolute Gasteiger partial charge is 1.00 e. The zero-order valence-electron chi connectivity index (χ0n) is 10.3. The number of morpholine rings is 1. The summed E-state index contributed by atoms with van der Waals surface area (Å²) >= 11 is 0. The van der Waals surface area contributed by atoms with Crippen molar-refractivity contribution in [2.24, 2.45) is 0 Å². The van der Waals surface area contributed by atoms with Crippen LogP contribution in [0.25, 0.3) is 5.32 Å². The van der Waals surface area contributed by atoms with Gasteiger partial charge < -0.3 is 20.4 Å². The fourth-order valence-corrected chi connectivity index (χ4v) is 1.03. The number of guanidine groups is 1. The fraction of sp³-hybridized carbons (Fsp3) is 0.700. The minimum absolute atomic E-state index is 0. The third kappa shape index (κ3) is 8.42. The Morgan fingerprint density at radius 1 is 1.33 bits per heavy atom. The van der Waals surface area contributed by atoms with Crippen molar-refractivity contribution in [2.75, 3.05) is 26.3 Å². The second kappa shape index (κ2) is 11.1. The Bertz CT molecular complexity index is 191. The van der Waals surface area contributed by atoms with Crippen molar-refractivity contribution < 1.29 is 56.1 Å². The SMILES string of the molecule is C=C(C)[N-]C(=N)N1CCOCC1.CC.[K+]. The first kappa shape index (κ1) is 18.0. The molecule has 0 aliphatic carbocycles. The van der Waals surface area contributed by atoms with Crippen LogP contribution >= 0.6 is 0 Å². The van der Waals surface area contributed by atoms with E-state index in [0.717, 1.165) is 13.1 Å². The van der Waals surface area contributed by atoms with Gasteiger partial charge in [0.25, 0.3) is 0 Å². The van der Waals surface area contributed by atoms with Gasteiger partial charge in [0.1, 0.15) is 0 Å². The van der Waals surface area contributed by atoms with E-state index in [9.17, 15) is 0 Å². The quantitative estimate of drug-likeness (QED) is 0.368. The van der Waals surface area contributed by atoms with Crippen LogP contribution in [0, 0.1) is 5.41 Å². The second-order valence-corrected chi connectivity index (χ2v) is 2.77. The third-order valence-electron chi connectivity index (χ3n) is 1.61. The van der Waals surface area contributed by atoms with Crippen LogP contribution in [-0.4, -0.2) is 37.2 Å². The summed E-state index contributed by atoms with van der Waals surface area (Å²) in [6, 6.07) is 0. The predicted octanol–water partition coefficient (Wildman–Crippen LogP) is -0.809. The Labute approximate surface area is 135 Å². The number of allylic oxidation sites excluding steroid dienone is 1. The van der Waals surface area contributed by atoms with Crippen LogP contribution in [-0.2, 0) is 4.74 Å². The van der Waals surface area contributed by atoms with Crippen molar-refractivity contribution in [3.63, 3.8) is 0 Å². The summed E-state index contributed by atoms with van der Waals surface area (Å²) in [6.07, 6.45) is 0. The maximum absolute atomic E-state index is 7.56. The molecule has 0 unspecified atom stereocenters. The molecule has 1 heterocycles. The molecular formula is C10H20KN3O. The van der Waals surface area contributed by atoms with E-state index in [1.54, 1.807) is 6.92 Å². The van der Waals surface area contributed by atoms with Gasteiger partial charge in [0.15, 0.2) is 0 Å². The summed E-state index contributed by atoms with van der Waals surface area (Å²) in [5, 5.41) is 11.5. The summed E-state index contributed by atoms with van der Waals surface area (Å²) in [5.41, 5.74) is 0.673. The average Bonchev–Trinajstić information content (AvgIpc) is 2.21. The second-order valence-electron chi connectivity index (χ2n) is 2.77. The van der Waals surface area contributed by atoms with E-state index in [4.69, 9.17) is 10.1 Å². The Balaban J connectivity index is 0. The van der Waals surface area contributed by atoms with Gasteiger partial charge in [-0.15, -0.1) is 0 Å². The van der Waals surface area contributed by atoms with Crippen LogP contribution in [0.4, 0.5) is 0 Å². The van der Waals surface area contributed by atoms with Crippen molar-refractivity contribution in [2.45, 2.75) is 20.8 Å². The van der Waals surface area contributed by atoms with Crippen molar-refractivity contribution in [1.29, 1.82) is 5.41 Å². The van der Waals surface area contributed by atoms with Gasteiger partial charge in [-0.1, -0.05) is 20.4 Å². The maximum Gasteiger partial charge on any atom is 1.00 e. The molecule has 0 atom stereocenters. The Hall–Kier alpha value is 0.606. The molecule has 0 aromatic rings. The molecule has 0 radical (unpaired) electrons. The molecule has 5 heteroatoms. The first-order chi connectivity index (χ1) is 6.70. The molecule has 1 N–H and O–H groups in total. The summed E-state index contributed by atoms with van der Waals surface area (Å²) in [7, 11) is 0. The molecule has 0 bridgehead atoms. The van der Waals surface area contributed by atoms with Gasteiger partial charge in [-0.05, 0) is 25.7 Å². The molecule has 1 fully saturated rings. The van der Waals surface area contributed by atoms with Crippen LogP contribution < -0.4 is 51.4 Å². The number of nitrogens with zero attached hydrogens (tertiary/aromatic N) is 2. The first-order valence-corrected chi connectivity index (χ1v) is 4.98. The van der Waals surface area contributed by atoms with E-state index in [0.29, 0.717) is 24.9 Å². The minimum Gasteiger partial charge on any atom is -0.422 e. The number of rotatable bonds is 1. The van der Waals surface area contributed by atoms with E-state index >= 15 is 0 Å². The van der Waals surface area contributed by atoms with Crippen LogP contribution in [0.2, 0.25) is 0 Å². The molecule has 4 nitrogen and oxygen atoms in total. The topological polar surface area (TPSA) is 50.4 Å². The molecule has 0 aromatic heterocycles. The molecule has 15 heavy (non-hydrogen) atoms. The summed E-state index contributed by atoms with van der Waals surface area (Å²) in [5.74, 6) is 0.297. The zero-order valence-corrected chi connectivity index (χ0v) is 13.5. The van der Waals surface area contributed by atoms with Crippen molar-refractivity contribution in [3.8, 4) is 0 Å². The van der Waals surface area contributed by atoms with Gasteiger partial charge in [0.05, 0.1) is 13.2 Å².